The van der Waals surface area contributed by atoms with Crippen molar-refractivity contribution in [2.45, 2.75) is 30.3 Å². The van der Waals surface area contributed by atoms with Crippen molar-refractivity contribution < 1.29 is 8.63 Å². The molecule has 3 aromatic rings. The van der Waals surface area contributed by atoms with Crippen LogP contribution in [0.1, 0.15) is 30.2 Å². The number of benzene rings is 2. The Bertz CT molecular complexity index is 832. The summed E-state index contributed by atoms with van der Waals surface area (Å²) in [5, 5.41) is 4.82. The predicted molar refractivity (Wildman–Crippen MR) is 97.3 cm³/mol. The molecule has 0 unspecified atom stereocenters. The highest BCUT2D eigenvalue weighted by Gasteiger charge is 2.34. The van der Waals surface area contributed by atoms with Crippen LogP contribution in [-0.4, -0.2) is 10.5 Å². The Labute approximate surface area is 144 Å². The van der Waals surface area contributed by atoms with E-state index >= 15 is 0 Å². The molecule has 2 atom stereocenters. The number of nitrogens with one attached hydrogen (secondary N) is 1. The van der Waals surface area contributed by atoms with Crippen LogP contribution in [-0.2, 0) is 17.3 Å². The van der Waals surface area contributed by atoms with Gasteiger partial charge in [-0.05, 0) is 48.6 Å². The average molecular weight is 339 g/mol. The standard InChI is InChI=1S/C20H21NO2S/c1-24(22)17-10-6-14(7-11-17)13-21-20(15-8-9-15)19-12-16-4-2-3-5-18(16)23-19/h2-7,10-12,15,20-21H,8-9,13H2,1H3/t20-,24-/m1/s1. The first kappa shape index (κ1) is 15.6. The maximum absolute atomic E-state index is 11.5. The monoisotopic (exact) mass is 339 g/mol. The van der Waals surface area contributed by atoms with E-state index in [4.69, 9.17) is 4.42 Å². The molecule has 1 aliphatic carbocycles. The average Bonchev–Trinajstić information content (AvgIpc) is 3.33. The third-order valence-corrected chi connectivity index (χ3v) is 5.56. The molecule has 1 aromatic heterocycles. The molecule has 0 aliphatic heterocycles. The molecule has 4 heteroatoms. The smallest absolute Gasteiger partial charge is 0.134 e. The molecule has 0 radical (unpaired) electrons. The summed E-state index contributed by atoms with van der Waals surface area (Å²) in [4.78, 5) is 0.870. The van der Waals surface area contributed by atoms with Crippen LogP contribution < -0.4 is 5.32 Å². The van der Waals surface area contributed by atoms with Crippen molar-refractivity contribution in [2.24, 2.45) is 5.92 Å². The molecule has 4 rings (SSSR count). The van der Waals surface area contributed by atoms with Gasteiger partial charge in [0.1, 0.15) is 11.3 Å². The zero-order valence-corrected chi connectivity index (χ0v) is 14.5. The van der Waals surface area contributed by atoms with E-state index in [9.17, 15) is 4.21 Å². The van der Waals surface area contributed by atoms with Crippen molar-refractivity contribution in [3.05, 3.63) is 65.9 Å². The number of fused-ring (bicyclic) bond motifs is 1. The summed E-state index contributed by atoms with van der Waals surface area (Å²) in [7, 11) is -0.921. The van der Waals surface area contributed by atoms with Gasteiger partial charge >= 0.3 is 0 Å². The molecule has 1 heterocycles. The lowest BCUT2D eigenvalue weighted by molar-refractivity contribution is 0.395. The first-order valence-corrected chi connectivity index (χ1v) is 9.91. The summed E-state index contributed by atoms with van der Waals surface area (Å²) < 4.78 is 17.5. The minimum absolute atomic E-state index is 0.261. The van der Waals surface area contributed by atoms with Gasteiger partial charge in [-0.2, -0.15) is 0 Å². The van der Waals surface area contributed by atoms with Gasteiger partial charge in [0.25, 0.3) is 0 Å². The van der Waals surface area contributed by atoms with Crippen LogP contribution in [0, 0.1) is 5.92 Å². The Morgan fingerprint density at radius 2 is 1.92 bits per heavy atom. The van der Waals surface area contributed by atoms with Crippen LogP contribution in [0.15, 0.2) is 63.9 Å². The third-order valence-electron chi connectivity index (χ3n) is 4.63. The van der Waals surface area contributed by atoms with Gasteiger partial charge in [-0.15, -0.1) is 0 Å². The fourth-order valence-electron chi connectivity index (χ4n) is 3.11. The SMILES string of the molecule is C[S@@](=O)c1ccc(CN[C@@H](c2cc3ccccc3o2)C2CC2)cc1. The minimum Gasteiger partial charge on any atom is -0.459 e. The summed E-state index contributed by atoms with van der Waals surface area (Å²) in [6.45, 7) is 0.787. The fourth-order valence-corrected chi connectivity index (χ4v) is 3.63. The molecule has 0 amide bonds. The summed E-state index contributed by atoms with van der Waals surface area (Å²) in [5.74, 6) is 1.69. The maximum atomic E-state index is 11.5. The van der Waals surface area contributed by atoms with Crippen molar-refractivity contribution in [3.8, 4) is 0 Å². The Morgan fingerprint density at radius 1 is 1.17 bits per heavy atom. The second-order valence-electron chi connectivity index (χ2n) is 6.48. The van der Waals surface area contributed by atoms with Gasteiger partial charge in [-0.3, -0.25) is 4.21 Å². The summed E-state index contributed by atoms with van der Waals surface area (Å²) >= 11 is 0. The number of rotatable bonds is 6. The molecule has 3 nitrogen and oxygen atoms in total. The van der Waals surface area contributed by atoms with E-state index in [0.717, 1.165) is 28.2 Å². The van der Waals surface area contributed by atoms with E-state index in [1.165, 1.54) is 18.4 Å². The van der Waals surface area contributed by atoms with Crippen molar-refractivity contribution in [2.75, 3.05) is 6.26 Å². The van der Waals surface area contributed by atoms with Crippen molar-refractivity contribution in [1.82, 2.24) is 5.32 Å². The van der Waals surface area contributed by atoms with E-state index < -0.39 is 10.8 Å². The Hall–Kier alpha value is -1.91. The zero-order chi connectivity index (χ0) is 16.5. The topological polar surface area (TPSA) is 42.2 Å². The van der Waals surface area contributed by atoms with Gasteiger partial charge in [-0.25, -0.2) is 0 Å². The van der Waals surface area contributed by atoms with E-state index in [2.05, 4.69) is 17.4 Å². The third kappa shape index (κ3) is 3.30. The molecule has 124 valence electrons. The maximum Gasteiger partial charge on any atom is 0.134 e. The quantitative estimate of drug-likeness (QED) is 0.723. The summed E-state index contributed by atoms with van der Waals surface area (Å²) in [6, 6.07) is 18.6. The normalized spacial score (nSPS) is 17.0. The minimum atomic E-state index is -0.921. The fraction of sp³-hybridized carbons (Fsp3) is 0.300. The highest BCUT2D eigenvalue weighted by Crippen LogP contribution is 2.42. The number of hydrogen-bond donors (Lipinski definition) is 1. The van der Waals surface area contributed by atoms with Crippen molar-refractivity contribution >= 4 is 21.8 Å². The highest BCUT2D eigenvalue weighted by molar-refractivity contribution is 7.84. The van der Waals surface area contributed by atoms with Gasteiger partial charge in [-0.1, -0.05) is 30.3 Å². The number of hydrogen-bond acceptors (Lipinski definition) is 3. The van der Waals surface area contributed by atoms with Crippen LogP contribution in [0.5, 0.6) is 0 Å². The van der Waals surface area contributed by atoms with E-state index in [1.54, 1.807) is 6.26 Å². The first-order chi connectivity index (χ1) is 11.7. The second-order valence-corrected chi connectivity index (χ2v) is 7.86. The van der Waals surface area contributed by atoms with Crippen molar-refractivity contribution in [3.63, 3.8) is 0 Å². The predicted octanol–water partition coefficient (Wildman–Crippen LogP) is 4.41. The summed E-state index contributed by atoms with van der Waals surface area (Å²) in [5.41, 5.74) is 2.15. The highest BCUT2D eigenvalue weighted by atomic mass is 32.2. The van der Waals surface area contributed by atoms with Crippen molar-refractivity contribution in [1.29, 1.82) is 0 Å². The van der Waals surface area contributed by atoms with Gasteiger partial charge < -0.3 is 9.73 Å². The van der Waals surface area contributed by atoms with Crippen LogP contribution in [0.2, 0.25) is 0 Å². The molecule has 1 fully saturated rings. The van der Waals surface area contributed by atoms with Crippen LogP contribution in [0.25, 0.3) is 11.0 Å². The van der Waals surface area contributed by atoms with Crippen LogP contribution >= 0.6 is 0 Å². The van der Waals surface area contributed by atoms with Gasteiger partial charge in [0, 0.05) is 33.9 Å². The Kier molecular flexibility index (Phi) is 4.25. The molecule has 24 heavy (non-hydrogen) atoms. The van der Waals surface area contributed by atoms with E-state index in [0.29, 0.717) is 5.92 Å². The molecule has 0 spiro atoms. The zero-order valence-electron chi connectivity index (χ0n) is 13.7. The lowest BCUT2D eigenvalue weighted by atomic mass is 10.1. The number of furan rings is 1. The van der Waals surface area contributed by atoms with Crippen LogP contribution in [0.4, 0.5) is 0 Å². The molecule has 1 saturated carbocycles. The lowest BCUT2D eigenvalue weighted by Crippen LogP contribution is -2.22. The lowest BCUT2D eigenvalue weighted by Gasteiger charge is -2.16. The van der Waals surface area contributed by atoms with E-state index in [-0.39, 0.29) is 6.04 Å². The molecule has 0 bridgehead atoms. The van der Waals surface area contributed by atoms with Gasteiger partial charge in [0.2, 0.25) is 0 Å². The van der Waals surface area contributed by atoms with Gasteiger partial charge in [0.05, 0.1) is 6.04 Å². The number of para-hydroxylation sites is 1. The Balaban J connectivity index is 1.50. The molecule has 1 aliphatic rings. The molecule has 0 saturated heterocycles. The first-order valence-electron chi connectivity index (χ1n) is 8.35. The largest absolute Gasteiger partial charge is 0.459 e. The van der Waals surface area contributed by atoms with E-state index in [1.807, 2.05) is 42.5 Å². The second kappa shape index (κ2) is 6.54. The molecule has 2 aromatic carbocycles. The Morgan fingerprint density at radius 3 is 2.58 bits per heavy atom. The summed E-state index contributed by atoms with van der Waals surface area (Å²) in [6.07, 6.45) is 4.21. The van der Waals surface area contributed by atoms with Gasteiger partial charge in [0.15, 0.2) is 0 Å². The molecular formula is C20H21NO2S. The van der Waals surface area contributed by atoms with Crippen LogP contribution in [0.3, 0.4) is 0 Å². The molecular weight excluding hydrogens is 318 g/mol. The molecule has 1 N–H and O–H groups in total.